The van der Waals surface area contributed by atoms with Crippen LogP contribution in [0.25, 0.3) is 0 Å². The first kappa shape index (κ1) is 11.0. The largest absolute Gasteiger partial charge is 0.468 e. The quantitative estimate of drug-likeness (QED) is 0.810. The van der Waals surface area contributed by atoms with Crippen LogP contribution < -0.4 is 4.74 Å². The number of aromatic nitrogens is 1. The highest BCUT2D eigenvalue weighted by Gasteiger charge is 2.49. The van der Waals surface area contributed by atoms with Crippen molar-refractivity contribution < 1.29 is 9.84 Å². The van der Waals surface area contributed by atoms with Crippen LogP contribution in [0.15, 0.2) is 12.3 Å². The van der Waals surface area contributed by atoms with Gasteiger partial charge in [-0.3, -0.25) is 0 Å². The number of hydrogen-bond donors (Lipinski definition) is 1. The van der Waals surface area contributed by atoms with E-state index in [9.17, 15) is 5.11 Å². The summed E-state index contributed by atoms with van der Waals surface area (Å²) in [5.74, 6) is 1.20. The molecule has 0 aromatic carbocycles. The summed E-state index contributed by atoms with van der Waals surface area (Å²) >= 11 is 0. The zero-order valence-electron chi connectivity index (χ0n) is 10.4. The standard InChI is InChI=1S/C14H19NO2/c1-9(2)11-6-10-7-12(16)14(4-3-5-14)17-13(10)15-8-11/h6,8-9,12,16H,3-5,7H2,1-2H3/t12-/m0/s1. The van der Waals surface area contributed by atoms with E-state index in [-0.39, 0.29) is 11.7 Å². The van der Waals surface area contributed by atoms with E-state index in [1.807, 2.05) is 6.20 Å². The predicted octanol–water partition coefficient (Wildman–Crippen LogP) is 2.42. The van der Waals surface area contributed by atoms with Gasteiger partial charge in [-0.15, -0.1) is 0 Å². The van der Waals surface area contributed by atoms with Gasteiger partial charge in [0.15, 0.2) is 0 Å². The summed E-state index contributed by atoms with van der Waals surface area (Å²) in [5.41, 5.74) is 1.95. The van der Waals surface area contributed by atoms with Crippen molar-refractivity contribution in [1.82, 2.24) is 4.98 Å². The van der Waals surface area contributed by atoms with E-state index in [0.29, 0.717) is 12.3 Å². The number of aliphatic hydroxyl groups is 1. The Balaban J connectivity index is 1.94. The van der Waals surface area contributed by atoms with Crippen molar-refractivity contribution in [3.05, 3.63) is 23.4 Å². The second kappa shape index (κ2) is 3.70. The zero-order valence-corrected chi connectivity index (χ0v) is 10.4. The van der Waals surface area contributed by atoms with Crippen LogP contribution in [0, 0.1) is 0 Å². The average Bonchev–Trinajstić information content (AvgIpc) is 2.25. The predicted molar refractivity (Wildman–Crippen MR) is 65.2 cm³/mol. The van der Waals surface area contributed by atoms with E-state index >= 15 is 0 Å². The summed E-state index contributed by atoms with van der Waals surface area (Å²) in [6.07, 6.45) is 5.28. The van der Waals surface area contributed by atoms with Crippen LogP contribution >= 0.6 is 0 Å². The van der Waals surface area contributed by atoms with Crippen molar-refractivity contribution >= 4 is 0 Å². The van der Waals surface area contributed by atoms with Gasteiger partial charge in [0.25, 0.3) is 0 Å². The summed E-state index contributed by atoms with van der Waals surface area (Å²) in [7, 11) is 0. The fourth-order valence-electron chi connectivity index (χ4n) is 2.69. The molecule has 0 bridgehead atoms. The monoisotopic (exact) mass is 233 g/mol. The third-order valence-electron chi connectivity index (χ3n) is 4.13. The zero-order chi connectivity index (χ0) is 12.0. The van der Waals surface area contributed by atoms with Gasteiger partial charge >= 0.3 is 0 Å². The number of pyridine rings is 1. The van der Waals surface area contributed by atoms with Crippen LogP contribution in [0.2, 0.25) is 0 Å². The van der Waals surface area contributed by atoms with Crippen LogP contribution in [-0.4, -0.2) is 21.8 Å². The molecule has 17 heavy (non-hydrogen) atoms. The lowest BCUT2D eigenvalue weighted by molar-refractivity contribution is -0.118. The maximum atomic E-state index is 10.2. The molecular weight excluding hydrogens is 214 g/mol. The van der Waals surface area contributed by atoms with Crippen molar-refractivity contribution in [2.75, 3.05) is 0 Å². The van der Waals surface area contributed by atoms with Gasteiger partial charge in [0.2, 0.25) is 5.88 Å². The smallest absolute Gasteiger partial charge is 0.217 e. The van der Waals surface area contributed by atoms with E-state index in [1.54, 1.807) is 0 Å². The fourth-order valence-corrected chi connectivity index (χ4v) is 2.69. The average molecular weight is 233 g/mol. The Morgan fingerprint density at radius 1 is 1.47 bits per heavy atom. The topological polar surface area (TPSA) is 42.4 Å². The van der Waals surface area contributed by atoms with Gasteiger partial charge in [-0.05, 0) is 36.8 Å². The lowest BCUT2D eigenvalue weighted by Gasteiger charge is -2.47. The molecule has 1 fully saturated rings. The molecule has 1 aromatic rings. The SMILES string of the molecule is CC(C)c1cnc2c(c1)C[C@H](O)C1(CCC1)O2. The molecule has 3 nitrogen and oxygen atoms in total. The molecule has 1 aliphatic heterocycles. The molecule has 0 saturated heterocycles. The summed E-state index contributed by atoms with van der Waals surface area (Å²) in [4.78, 5) is 4.42. The first-order chi connectivity index (χ1) is 8.11. The molecule has 2 heterocycles. The molecule has 1 aromatic heterocycles. The molecule has 1 spiro atoms. The molecule has 0 amide bonds. The maximum Gasteiger partial charge on any atom is 0.217 e. The molecule has 1 atom stereocenters. The lowest BCUT2D eigenvalue weighted by atomic mass is 9.73. The normalized spacial score (nSPS) is 25.3. The van der Waals surface area contributed by atoms with E-state index in [1.165, 1.54) is 5.56 Å². The Morgan fingerprint density at radius 3 is 2.82 bits per heavy atom. The Kier molecular flexibility index (Phi) is 2.40. The van der Waals surface area contributed by atoms with Crippen molar-refractivity contribution in [2.45, 2.75) is 57.2 Å². The lowest BCUT2D eigenvalue weighted by Crippen LogP contribution is -2.56. The van der Waals surface area contributed by atoms with Crippen molar-refractivity contribution in [3.8, 4) is 5.88 Å². The van der Waals surface area contributed by atoms with Crippen molar-refractivity contribution in [2.24, 2.45) is 0 Å². The minimum atomic E-state index is -0.368. The first-order valence-electron chi connectivity index (χ1n) is 6.47. The number of nitrogens with zero attached hydrogens (tertiary/aromatic N) is 1. The molecule has 1 saturated carbocycles. The minimum absolute atomic E-state index is 0.320. The molecule has 1 aliphatic carbocycles. The summed E-state index contributed by atoms with van der Waals surface area (Å²) in [6, 6.07) is 2.13. The van der Waals surface area contributed by atoms with E-state index < -0.39 is 0 Å². The third-order valence-corrected chi connectivity index (χ3v) is 4.13. The maximum absolute atomic E-state index is 10.2. The van der Waals surface area contributed by atoms with E-state index in [0.717, 1.165) is 30.7 Å². The molecule has 2 aliphatic rings. The number of ether oxygens (including phenoxy) is 1. The van der Waals surface area contributed by atoms with Gasteiger partial charge in [0.1, 0.15) is 5.60 Å². The van der Waals surface area contributed by atoms with Gasteiger partial charge < -0.3 is 9.84 Å². The van der Waals surface area contributed by atoms with Gasteiger partial charge in [0, 0.05) is 18.2 Å². The van der Waals surface area contributed by atoms with E-state index in [4.69, 9.17) is 4.74 Å². The Hall–Kier alpha value is -1.09. The van der Waals surface area contributed by atoms with Crippen molar-refractivity contribution in [3.63, 3.8) is 0 Å². The fraction of sp³-hybridized carbons (Fsp3) is 0.643. The highest BCUT2D eigenvalue weighted by Crippen LogP contribution is 2.44. The van der Waals surface area contributed by atoms with Gasteiger partial charge in [0.05, 0.1) is 6.10 Å². The summed E-state index contributed by atoms with van der Waals surface area (Å²) in [6.45, 7) is 4.30. The molecule has 1 N–H and O–H groups in total. The highest BCUT2D eigenvalue weighted by atomic mass is 16.5. The van der Waals surface area contributed by atoms with Crippen LogP contribution in [0.5, 0.6) is 5.88 Å². The Labute approximate surface area is 102 Å². The third kappa shape index (κ3) is 1.64. The van der Waals surface area contributed by atoms with Crippen LogP contribution in [0.3, 0.4) is 0 Å². The number of hydrogen-bond acceptors (Lipinski definition) is 3. The molecule has 0 radical (unpaired) electrons. The molecule has 92 valence electrons. The second-order valence-corrected chi connectivity index (χ2v) is 5.63. The van der Waals surface area contributed by atoms with Gasteiger partial charge in [-0.25, -0.2) is 4.98 Å². The Bertz CT molecular complexity index is 438. The highest BCUT2D eigenvalue weighted by molar-refractivity contribution is 5.35. The first-order valence-corrected chi connectivity index (χ1v) is 6.47. The van der Waals surface area contributed by atoms with Gasteiger partial charge in [-0.2, -0.15) is 0 Å². The Morgan fingerprint density at radius 2 is 2.24 bits per heavy atom. The number of aliphatic hydroxyl groups excluding tert-OH is 1. The number of fused-ring (bicyclic) bond motifs is 1. The minimum Gasteiger partial charge on any atom is -0.468 e. The van der Waals surface area contributed by atoms with Gasteiger partial charge in [-0.1, -0.05) is 13.8 Å². The van der Waals surface area contributed by atoms with E-state index in [2.05, 4.69) is 24.9 Å². The number of rotatable bonds is 1. The molecule has 3 heteroatoms. The molecule has 3 rings (SSSR count). The summed E-state index contributed by atoms with van der Waals surface area (Å²) < 4.78 is 5.94. The molecule has 0 unspecified atom stereocenters. The van der Waals surface area contributed by atoms with Crippen LogP contribution in [0.1, 0.15) is 50.2 Å². The van der Waals surface area contributed by atoms with Crippen LogP contribution in [-0.2, 0) is 6.42 Å². The second-order valence-electron chi connectivity index (χ2n) is 5.63. The summed E-state index contributed by atoms with van der Waals surface area (Å²) in [5, 5.41) is 10.2. The molecular formula is C14H19NO2. The van der Waals surface area contributed by atoms with Crippen LogP contribution in [0.4, 0.5) is 0 Å². The van der Waals surface area contributed by atoms with Crippen molar-refractivity contribution in [1.29, 1.82) is 0 Å².